The lowest BCUT2D eigenvalue weighted by Crippen LogP contribution is -2.44. The first-order chi connectivity index (χ1) is 8.98. The van der Waals surface area contributed by atoms with Crippen LogP contribution in [0.5, 0.6) is 0 Å². The molecule has 1 aromatic heterocycles. The fourth-order valence-electron chi connectivity index (χ4n) is 2.55. The summed E-state index contributed by atoms with van der Waals surface area (Å²) in [6.07, 6.45) is 7.43. The predicted octanol–water partition coefficient (Wildman–Crippen LogP) is 3.14. The molecule has 5 heteroatoms. The van der Waals surface area contributed by atoms with Crippen molar-refractivity contribution in [1.29, 1.82) is 0 Å². The van der Waals surface area contributed by atoms with Gasteiger partial charge in [0.05, 0.1) is 0 Å². The van der Waals surface area contributed by atoms with E-state index in [1.54, 1.807) is 6.20 Å². The van der Waals surface area contributed by atoms with Gasteiger partial charge >= 0.3 is 0 Å². The molecule has 0 unspecified atom stereocenters. The van der Waals surface area contributed by atoms with Gasteiger partial charge in [-0.2, -0.15) is 0 Å². The summed E-state index contributed by atoms with van der Waals surface area (Å²) in [4.78, 5) is 16.2. The van der Waals surface area contributed by atoms with Crippen LogP contribution in [0.1, 0.15) is 44.1 Å². The standard InChI is InChI=1S/C14H20BrN3O/c1-10-7-12(17-9-11(10)15)18-13(19)8-14(16)5-3-2-4-6-14/h7,9H,2-6,8,16H2,1H3,(H,17,18,19). The molecule has 0 spiro atoms. The van der Waals surface area contributed by atoms with Crippen molar-refractivity contribution in [3.8, 4) is 0 Å². The largest absolute Gasteiger partial charge is 0.325 e. The molecule has 0 radical (unpaired) electrons. The normalized spacial score (nSPS) is 18.1. The molecule has 1 aliphatic carbocycles. The lowest BCUT2D eigenvalue weighted by Gasteiger charge is -2.32. The predicted molar refractivity (Wildman–Crippen MR) is 79.9 cm³/mol. The Balaban J connectivity index is 1.95. The first-order valence-corrected chi connectivity index (χ1v) is 7.49. The van der Waals surface area contributed by atoms with Gasteiger partial charge in [-0.25, -0.2) is 4.98 Å². The second-order valence-corrected chi connectivity index (χ2v) is 6.32. The third-order valence-corrected chi connectivity index (χ3v) is 4.51. The Morgan fingerprint density at radius 2 is 2.16 bits per heavy atom. The highest BCUT2D eigenvalue weighted by molar-refractivity contribution is 9.10. The molecule has 1 amide bonds. The minimum atomic E-state index is -0.327. The Morgan fingerprint density at radius 3 is 2.79 bits per heavy atom. The number of aryl methyl sites for hydroxylation is 1. The van der Waals surface area contributed by atoms with Gasteiger partial charge in [-0.3, -0.25) is 4.79 Å². The van der Waals surface area contributed by atoms with E-state index in [1.165, 1.54) is 6.42 Å². The van der Waals surface area contributed by atoms with Crippen molar-refractivity contribution >= 4 is 27.7 Å². The zero-order valence-electron chi connectivity index (χ0n) is 11.2. The average molecular weight is 326 g/mol. The van der Waals surface area contributed by atoms with E-state index >= 15 is 0 Å². The van der Waals surface area contributed by atoms with Crippen LogP contribution in [0.25, 0.3) is 0 Å². The first kappa shape index (κ1) is 14.5. The van der Waals surface area contributed by atoms with Gasteiger partial charge in [-0.05, 0) is 47.3 Å². The van der Waals surface area contributed by atoms with Crippen LogP contribution in [0, 0.1) is 6.92 Å². The number of nitrogens with zero attached hydrogens (tertiary/aromatic N) is 1. The maximum Gasteiger partial charge on any atom is 0.227 e. The summed E-state index contributed by atoms with van der Waals surface area (Å²) < 4.78 is 0.938. The summed E-state index contributed by atoms with van der Waals surface area (Å²) in [5, 5.41) is 2.83. The number of anilines is 1. The molecule has 0 aromatic carbocycles. The summed E-state index contributed by atoms with van der Waals surface area (Å²) in [6.45, 7) is 1.97. The van der Waals surface area contributed by atoms with Crippen molar-refractivity contribution in [2.24, 2.45) is 5.73 Å². The molecule has 0 saturated heterocycles. The van der Waals surface area contributed by atoms with Crippen LogP contribution >= 0.6 is 15.9 Å². The number of nitrogens with one attached hydrogen (secondary N) is 1. The molecular formula is C14H20BrN3O. The zero-order chi connectivity index (χ0) is 13.9. The van der Waals surface area contributed by atoms with E-state index < -0.39 is 0 Å². The third-order valence-electron chi connectivity index (χ3n) is 3.68. The molecule has 4 nitrogen and oxygen atoms in total. The summed E-state index contributed by atoms with van der Waals surface area (Å²) in [6, 6.07) is 1.85. The molecule has 1 saturated carbocycles. The molecular weight excluding hydrogens is 306 g/mol. The minimum Gasteiger partial charge on any atom is -0.325 e. The van der Waals surface area contributed by atoms with E-state index in [4.69, 9.17) is 5.73 Å². The number of carbonyl (C=O) groups is 1. The molecule has 1 heterocycles. The van der Waals surface area contributed by atoms with Gasteiger partial charge < -0.3 is 11.1 Å². The van der Waals surface area contributed by atoms with E-state index in [1.807, 2.05) is 13.0 Å². The van der Waals surface area contributed by atoms with Gasteiger partial charge in [-0.1, -0.05) is 19.3 Å². The fraction of sp³-hybridized carbons (Fsp3) is 0.571. The smallest absolute Gasteiger partial charge is 0.227 e. The lowest BCUT2D eigenvalue weighted by atomic mass is 9.80. The first-order valence-electron chi connectivity index (χ1n) is 6.69. The Labute approximate surface area is 122 Å². The molecule has 1 fully saturated rings. The van der Waals surface area contributed by atoms with Crippen molar-refractivity contribution < 1.29 is 4.79 Å². The molecule has 104 valence electrons. The molecule has 1 aliphatic rings. The van der Waals surface area contributed by atoms with Gasteiger partial charge in [0.25, 0.3) is 0 Å². The van der Waals surface area contributed by atoms with Crippen LogP contribution in [0.3, 0.4) is 0 Å². The quantitative estimate of drug-likeness (QED) is 0.897. The van der Waals surface area contributed by atoms with Gasteiger partial charge in [0.1, 0.15) is 5.82 Å². The molecule has 0 bridgehead atoms. The maximum absolute atomic E-state index is 12.0. The Kier molecular flexibility index (Phi) is 4.58. The van der Waals surface area contributed by atoms with Crippen LogP contribution in [-0.4, -0.2) is 16.4 Å². The summed E-state index contributed by atoms with van der Waals surface area (Å²) in [5.74, 6) is 0.545. The molecule has 3 N–H and O–H groups in total. The van der Waals surface area contributed by atoms with Crippen molar-refractivity contribution in [1.82, 2.24) is 4.98 Å². The number of rotatable bonds is 3. The van der Waals surface area contributed by atoms with Crippen molar-refractivity contribution in [2.75, 3.05) is 5.32 Å². The number of carbonyl (C=O) groups excluding carboxylic acids is 1. The summed E-state index contributed by atoms with van der Waals surface area (Å²) >= 11 is 3.39. The number of amides is 1. The number of pyridine rings is 1. The van der Waals surface area contributed by atoms with E-state index in [-0.39, 0.29) is 11.4 Å². The number of hydrogen-bond acceptors (Lipinski definition) is 3. The van der Waals surface area contributed by atoms with E-state index in [0.29, 0.717) is 12.2 Å². The van der Waals surface area contributed by atoms with E-state index in [9.17, 15) is 4.79 Å². The lowest BCUT2D eigenvalue weighted by molar-refractivity contribution is -0.117. The Morgan fingerprint density at radius 1 is 1.47 bits per heavy atom. The molecule has 0 aliphatic heterocycles. The second-order valence-electron chi connectivity index (χ2n) is 5.47. The van der Waals surface area contributed by atoms with Gasteiger partial charge in [0, 0.05) is 22.6 Å². The van der Waals surface area contributed by atoms with Crippen LogP contribution in [0.4, 0.5) is 5.82 Å². The molecule has 19 heavy (non-hydrogen) atoms. The van der Waals surface area contributed by atoms with Gasteiger partial charge in [-0.15, -0.1) is 0 Å². The van der Waals surface area contributed by atoms with Crippen molar-refractivity contribution in [3.63, 3.8) is 0 Å². The SMILES string of the molecule is Cc1cc(NC(=O)CC2(N)CCCCC2)ncc1Br. The van der Waals surface area contributed by atoms with Crippen molar-refractivity contribution in [3.05, 3.63) is 22.3 Å². The molecule has 1 aromatic rings. The number of aromatic nitrogens is 1. The van der Waals surface area contributed by atoms with Crippen LogP contribution < -0.4 is 11.1 Å². The van der Waals surface area contributed by atoms with Crippen LogP contribution in [0.2, 0.25) is 0 Å². The average Bonchev–Trinajstić information content (AvgIpc) is 2.34. The molecule has 2 rings (SSSR count). The second kappa shape index (κ2) is 6.01. The number of halogens is 1. The van der Waals surface area contributed by atoms with Crippen LogP contribution in [0.15, 0.2) is 16.7 Å². The van der Waals surface area contributed by atoms with Gasteiger partial charge in [0.2, 0.25) is 5.91 Å². The van der Waals surface area contributed by atoms with E-state index in [2.05, 4.69) is 26.2 Å². The van der Waals surface area contributed by atoms with E-state index in [0.717, 1.165) is 35.7 Å². The summed E-state index contributed by atoms with van der Waals surface area (Å²) in [5.41, 5.74) is 7.00. The summed E-state index contributed by atoms with van der Waals surface area (Å²) in [7, 11) is 0. The monoisotopic (exact) mass is 325 g/mol. The van der Waals surface area contributed by atoms with Gasteiger partial charge in [0.15, 0.2) is 0 Å². The highest BCUT2D eigenvalue weighted by Gasteiger charge is 2.30. The molecule has 0 atom stereocenters. The zero-order valence-corrected chi connectivity index (χ0v) is 12.8. The Hall–Kier alpha value is -0.940. The topological polar surface area (TPSA) is 68.0 Å². The third kappa shape index (κ3) is 4.01. The number of hydrogen-bond donors (Lipinski definition) is 2. The highest BCUT2D eigenvalue weighted by atomic mass is 79.9. The number of nitrogens with two attached hydrogens (primary N) is 1. The minimum absolute atomic E-state index is 0.0429. The Bertz CT molecular complexity index is 470. The fourth-order valence-corrected chi connectivity index (χ4v) is 2.76. The maximum atomic E-state index is 12.0. The van der Waals surface area contributed by atoms with Crippen molar-refractivity contribution in [2.45, 2.75) is 51.0 Å². The highest BCUT2D eigenvalue weighted by Crippen LogP contribution is 2.29. The van der Waals surface area contributed by atoms with Crippen LogP contribution in [-0.2, 0) is 4.79 Å².